The van der Waals surface area contributed by atoms with Gasteiger partial charge in [-0.15, -0.1) is 0 Å². The van der Waals surface area contributed by atoms with E-state index >= 15 is 0 Å². The van der Waals surface area contributed by atoms with Crippen molar-refractivity contribution in [3.05, 3.63) is 12.7 Å². The van der Waals surface area contributed by atoms with Crippen molar-refractivity contribution in [2.45, 2.75) is 70.3 Å². The number of carboxylic acids is 4. The first-order valence-corrected chi connectivity index (χ1v) is 18.7. The van der Waals surface area contributed by atoms with E-state index in [1.165, 1.54) is 31.8 Å². The molecule has 15 heteroatoms. The molecule has 0 spiro atoms. The van der Waals surface area contributed by atoms with Crippen LogP contribution in [0.25, 0.3) is 0 Å². The summed E-state index contributed by atoms with van der Waals surface area (Å²) < 4.78 is 0. The van der Waals surface area contributed by atoms with E-state index in [2.05, 4.69) is 17.2 Å². The van der Waals surface area contributed by atoms with Crippen LogP contribution >= 0.6 is 0 Å². The monoisotopic (exact) mass is 718 g/mol. The van der Waals surface area contributed by atoms with Crippen LogP contribution in [0.15, 0.2) is 12.7 Å². The zero-order valence-electron chi connectivity index (χ0n) is 30.1. The largest absolute Gasteiger partial charge is 0.549 e. The van der Waals surface area contributed by atoms with E-state index in [4.69, 9.17) is 0 Å². The quantitative estimate of drug-likeness (QED) is 0.102. The highest BCUT2D eigenvalue weighted by Crippen LogP contribution is 2.42. The summed E-state index contributed by atoms with van der Waals surface area (Å²) in [6, 6.07) is -0.349. The van der Waals surface area contributed by atoms with Gasteiger partial charge in [0.25, 0.3) is 0 Å². The minimum atomic E-state index is -1.29. The number of rotatable bonds is 18. The Morgan fingerprint density at radius 3 is 1.80 bits per heavy atom. The summed E-state index contributed by atoms with van der Waals surface area (Å²) in [6.07, 6.45) is 11.8. The van der Waals surface area contributed by atoms with Crippen molar-refractivity contribution in [3.8, 4) is 0 Å². The average molecular weight is 719 g/mol. The maximum Gasteiger partial charge on any atom is 0.243 e. The number of aliphatic carboxylic acids is 4. The third-order valence-electron chi connectivity index (χ3n) is 11.0. The smallest absolute Gasteiger partial charge is 0.243 e. The van der Waals surface area contributed by atoms with E-state index in [0.29, 0.717) is 36.6 Å². The second kappa shape index (κ2) is 22.7. The van der Waals surface area contributed by atoms with Crippen LogP contribution in [0.5, 0.6) is 0 Å². The molecule has 3 unspecified atom stereocenters. The van der Waals surface area contributed by atoms with Crippen LogP contribution in [0.4, 0.5) is 0 Å². The highest BCUT2D eigenvalue weighted by atomic mass is 16.4. The Morgan fingerprint density at radius 1 is 0.647 bits per heavy atom. The highest BCUT2D eigenvalue weighted by Gasteiger charge is 2.34. The first-order chi connectivity index (χ1) is 24.4. The van der Waals surface area contributed by atoms with E-state index in [0.717, 1.165) is 45.2 Å². The molecule has 51 heavy (non-hydrogen) atoms. The van der Waals surface area contributed by atoms with Crippen LogP contribution in [-0.4, -0.2) is 147 Å². The van der Waals surface area contributed by atoms with Crippen LogP contribution < -0.4 is 31.1 Å². The fraction of sp³-hybridized carbons (Fsp3) is 0.806. The van der Waals surface area contributed by atoms with E-state index in [1.807, 2.05) is 0 Å². The molecule has 3 fully saturated rings. The molecule has 0 bridgehead atoms. The molecule has 1 amide bonds. The molecule has 1 saturated heterocycles. The molecule has 15 nitrogen and oxygen atoms in total. The van der Waals surface area contributed by atoms with Crippen molar-refractivity contribution in [1.82, 2.24) is 30.2 Å². The standard InChI is InChI=1S/C36H62N6O9/c1-2-32(43)38-12-4-11-37-21-28-5-3-6-30(19-28)29-9-7-27(8-10-29)20-31-22-41(25-35(48)49)16-15-39(23-33(44)45)13-14-40(24-34(46)47)17-18-42(31)26-36(50)51/h2,27-31,37H,1,3-26H2,(H,38,43)(H,44,45)(H,46,47)(H,48,49)(H,50,51)/p-4. The molecule has 1 heterocycles. The van der Waals surface area contributed by atoms with Crippen LogP contribution in [0.3, 0.4) is 0 Å². The summed E-state index contributed by atoms with van der Waals surface area (Å²) in [7, 11) is 0. The SMILES string of the molecule is C=CC(=O)NCCCNCC1CCCC(C2CCC(CC3CN(CC(=O)[O-])CCN(CC(=O)[O-])CCN(CC(=O)[O-])CCN3CC(=O)[O-])CC2)C1. The summed E-state index contributed by atoms with van der Waals surface area (Å²) >= 11 is 0. The molecule has 1 aliphatic heterocycles. The van der Waals surface area contributed by atoms with Gasteiger partial charge in [-0.3, -0.25) is 24.4 Å². The molecule has 0 aromatic rings. The second-order valence-electron chi connectivity index (χ2n) is 14.8. The summed E-state index contributed by atoms with van der Waals surface area (Å²) in [5.41, 5.74) is 0. The third kappa shape index (κ3) is 16.8. The molecular weight excluding hydrogens is 660 g/mol. The maximum atomic E-state index is 12.0. The maximum absolute atomic E-state index is 12.0. The summed E-state index contributed by atoms with van der Waals surface area (Å²) in [6.45, 7) is 5.82. The molecule has 2 aliphatic carbocycles. The van der Waals surface area contributed by atoms with Gasteiger partial charge in [-0.05, 0) is 81.4 Å². The Bertz CT molecular complexity index is 1130. The summed E-state index contributed by atoms with van der Waals surface area (Å²) in [4.78, 5) is 64.7. The lowest BCUT2D eigenvalue weighted by Crippen LogP contribution is -2.55. The number of carbonyl (C=O) groups excluding carboxylic acids is 5. The highest BCUT2D eigenvalue weighted by molar-refractivity contribution is 5.86. The lowest BCUT2D eigenvalue weighted by molar-refractivity contribution is -0.309. The van der Waals surface area contributed by atoms with Gasteiger partial charge in [0.15, 0.2) is 0 Å². The number of hydrogen-bond acceptors (Lipinski definition) is 14. The normalized spacial score (nSPS) is 26.7. The van der Waals surface area contributed by atoms with E-state index in [9.17, 15) is 44.4 Å². The van der Waals surface area contributed by atoms with Gasteiger partial charge in [-0.25, -0.2) is 0 Å². The van der Waals surface area contributed by atoms with Gasteiger partial charge in [0.2, 0.25) is 5.91 Å². The predicted octanol–water partition coefficient (Wildman–Crippen LogP) is -4.14. The Labute approximate surface area is 302 Å². The Kier molecular flexibility index (Phi) is 18.9. The van der Waals surface area contributed by atoms with Crippen molar-refractivity contribution in [2.75, 3.05) is 91.6 Å². The van der Waals surface area contributed by atoms with E-state index in [1.54, 1.807) is 19.6 Å². The number of nitrogens with zero attached hydrogens (tertiary/aromatic N) is 4. The third-order valence-corrected chi connectivity index (χ3v) is 11.0. The lowest BCUT2D eigenvalue weighted by atomic mass is 9.68. The van der Waals surface area contributed by atoms with Gasteiger partial charge in [0.05, 0.1) is 23.9 Å². The average Bonchev–Trinajstić information content (AvgIpc) is 3.07. The fourth-order valence-electron chi connectivity index (χ4n) is 8.38. The number of amides is 1. The fourth-order valence-corrected chi connectivity index (χ4v) is 8.38. The molecule has 0 aromatic heterocycles. The van der Waals surface area contributed by atoms with E-state index < -0.39 is 37.0 Å². The van der Waals surface area contributed by atoms with Crippen molar-refractivity contribution >= 4 is 29.8 Å². The molecule has 3 aliphatic rings. The number of carboxylic acid groups (broad SMARTS) is 4. The van der Waals surface area contributed by atoms with Crippen molar-refractivity contribution in [1.29, 1.82) is 0 Å². The summed E-state index contributed by atoms with van der Waals surface area (Å²) in [5, 5.41) is 53.1. The number of carbonyl (C=O) groups is 5. The lowest BCUT2D eigenvalue weighted by Gasteiger charge is -2.42. The van der Waals surface area contributed by atoms with Crippen molar-refractivity contribution < 1.29 is 44.4 Å². The zero-order valence-corrected chi connectivity index (χ0v) is 30.1. The van der Waals surface area contributed by atoms with Crippen LogP contribution in [-0.2, 0) is 24.0 Å². The second-order valence-corrected chi connectivity index (χ2v) is 14.8. The molecule has 2 N–H and O–H groups in total. The van der Waals surface area contributed by atoms with Gasteiger partial charge in [-0.2, -0.15) is 0 Å². The zero-order chi connectivity index (χ0) is 37.2. The van der Waals surface area contributed by atoms with E-state index in [-0.39, 0.29) is 70.9 Å². The minimum absolute atomic E-state index is 0.153. The molecule has 3 rings (SSSR count). The van der Waals surface area contributed by atoms with Crippen molar-refractivity contribution in [3.63, 3.8) is 0 Å². The molecule has 0 aromatic carbocycles. The molecular formula is C36H58N6O9-4. The topological polar surface area (TPSA) is 215 Å². The first-order valence-electron chi connectivity index (χ1n) is 18.7. The van der Waals surface area contributed by atoms with Gasteiger partial charge < -0.3 is 50.2 Å². The van der Waals surface area contributed by atoms with Crippen LogP contribution in [0.2, 0.25) is 0 Å². The molecule has 0 radical (unpaired) electrons. The predicted molar refractivity (Wildman–Crippen MR) is 181 cm³/mol. The molecule has 290 valence electrons. The van der Waals surface area contributed by atoms with Gasteiger partial charge >= 0.3 is 0 Å². The van der Waals surface area contributed by atoms with Gasteiger partial charge in [0, 0.05) is 84.6 Å². The van der Waals surface area contributed by atoms with Gasteiger partial charge in [-0.1, -0.05) is 32.3 Å². The molecule has 3 atom stereocenters. The number of nitrogens with one attached hydrogen (secondary N) is 2. The Balaban J connectivity index is 1.64. The minimum Gasteiger partial charge on any atom is -0.549 e. The molecule has 2 saturated carbocycles. The van der Waals surface area contributed by atoms with Gasteiger partial charge in [0.1, 0.15) is 0 Å². The number of hydrogen-bond donors (Lipinski definition) is 2. The first kappa shape index (κ1) is 42.3. The Hall–Kier alpha value is -3.11. The summed E-state index contributed by atoms with van der Waals surface area (Å²) in [5.74, 6) is -3.04. The van der Waals surface area contributed by atoms with Crippen LogP contribution in [0, 0.1) is 23.7 Å². The van der Waals surface area contributed by atoms with Crippen LogP contribution in [0.1, 0.15) is 64.2 Å². The van der Waals surface area contributed by atoms with Crippen molar-refractivity contribution in [2.24, 2.45) is 23.7 Å². The Morgan fingerprint density at radius 2 is 1.22 bits per heavy atom.